The topological polar surface area (TPSA) is 63.3 Å². The van der Waals surface area contributed by atoms with Gasteiger partial charge in [0.15, 0.2) is 0 Å². The highest BCUT2D eigenvalue weighted by Gasteiger charge is 2.41. The molecule has 0 amide bonds. The minimum atomic E-state index is -5.17. The summed E-state index contributed by atoms with van der Waals surface area (Å²) in [6.07, 6.45) is -10.3. The van der Waals surface area contributed by atoms with E-state index >= 15 is 0 Å². The zero-order valence-electron chi connectivity index (χ0n) is 8.36. The Kier molecular flexibility index (Phi) is 3.20. The van der Waals surface area contributed by atoms with E-state index < -0.39 is 40.7 Å². The number of aromatic carboxylic acids is 1. The molecule has 0 heterocycles. The van der Waals surface area contributed by atoms with Gasteiger partial charge in [-0.25, -0.2) is 4.79 Å². The van der Waals surface area contributed by atoms with Crippen molar-refractivity contribution in [3.8, 4) is 0 Å². The molecule has 0 spiro atoms. The first-order chi connectivity index (χ1) is 7.94. The van der Waals surface area contributed by atoms with Crippen molar-refractivity contribution in [1.82, 2.24) is 0 Å². The molecule has 0 radical (unpaired) electrons. The fourth-order valence-corrected chi connectivity index (χ4v) is 1.25. The Hall–Kier alpha value is -1.93. The van der Waals surface area contributed by atoms with Crippen LogP contribution in [0.3, 0.4) is 0 Å². The molecule has 3 N–H and O–H groups in total. The van der Waals surface area contributed by atoms with Gasteiger partial charge in [0.25, 0.3) is 0 Å². The summed E-state index contributed by atoms with van der Waals surface area (Å²) in [6.45, 7) is 0. The monoisotopic (exact) mass is 273 g/mol. The number of carboxylic acid groups (broad SMARTS) is 1. The maximum Gasteiger partial charge on any atom is 0.418 e. The van der Waals surface area contributed by atoms with Gasteiger partial charge in [-0.05, 0) is 12.1 Å². The van der Waals surface area contributed by atoms with Gasteiger partial charge < -0.3 is 10.8 Å². The molecule has 0 saturated heterocycles. The van der Waals surface area contributed by atoms with E-state index in [1.165, 1.54) is 0 Å². The molecule has 18 heavy (non-hydrogen) atoms. The Labute approximate surface area is 95.8 Å². The Morgan fingerprint density at radius 1 is 1.00 bits per heavy atom. The van der Waals surface area contributed by atoms with E-state index in [4.69, 9.17) is 10.8 Å². The predicted molar refractivity (Wildman–Crippen MR) is 47.8 cm³/mol. The summed E-state index contributed by atoms with van der Waals surface area (Å²) in [5, 5.41) is 8.48. The van der Waals surface area contributed by atoms with Gasteiger partial charge in [0.1, 0.15) is 0 Å². The van der Waals surface area contributed by atoms with Crippen LogP contribution in [0.2, 0.25) is 0 Å². The third-order valence-corrected chi connectivity index (χ3v) is 2.04. The minimum absolute atomic E-state index is 0.0624. The molecule has 0 saturated carbocycles. The first-order valence-corrected chi connectivity index (χ1v) is 4.26. The van der Waals surface area contributed by atoms with Gasteiger partial charge in [0, 0.05) is 0 Å². The molecule has 0 bridgehead atoms. The van der Waals surface area contributed by atoms with Crippen LogP contribution in [0.4, 0.5) is 32.0 Å². The second-order valence-corrected chi connectivity index (χ2v) is 3.29. The van der Waals surface area contributed by atoms with Crippen LogP contribution in [0.15, 0.2) is 12.1 Å². The van der Waals surface area contributed by atoms with Crippen molar-refractivity contribution in [3.63, 3.8) is 0 Å². The first-order valence-electron chi connectivity index (χ1n) is 4.26. The van der Waals surface area contributed by atoms with Crippen LogP contribution in [0, 0.1) is 0 Å². The number of nitrogens with two attached hydrogens (primary N) is 1. The van der Waals surface area contributed by atoms with Crippen molar-refractivity contribution < 1.29 is 36.2 Å². The molecule has 0 aromatic heterocycles. The van der Waals surface area contributed by atoms with E-state index in [2.05, 4.69) is 0 Å². The van der Waals surface area contributed by atoms with Crippen molar-refractivity contribution in [1.29, 1.82) is 0 Å². The second kappa shape index (κ2) is 4.07. The third kappa shape index (κ3) is 2.66. The standard InChI is InChI=1S/C9H5F6NO2/c10-8(11,12)4-1-3(7(17)18)2-5(6(4)16)9(13,14)15/h1-2H,16H2,(H,17,18). The number of halogens is 6. The largest absolute Gasteiger partial charge is 0.478 e. The van der Waals surface area contributed by atoms with E-state index in [-0.39, 0.29) is 12.1 Å². The molecule has 0 atom stereocenters. The van der Waals surface area contributed by atoms with Gasteiger partial charge in [-0.1, -0.05) is 0 Å². The van der Waals surface area contributed by atoms with Gasteiger partial charge in [-0.3, -0.25) is 0 Å². The molecule has 1 rings (SSSR count). The number of hydrogen-bond donors (Lipinski definition) is 2. The van der Waals surface area contributed by atoms with Crippen molar-refractivity contribution in [2.45, 2.75) is 12.4 Å². The lowest BCUT2D eigenvalue weighted by atomic mass is 10.0. The van der Waals surface area contributed by atoms with Crippen LogP contribution in [0.1, 0.15) is 21.5 Å². The summed E-state index contributed by atoms with van der Waals surface area (Å²) < 4.78 is 74.5. The van der Waals surface area contributed by atoms with Gasteiger partial charge >= 0.3 is 18.3 Å². The summed E-state index contributed by atoms with van der Waals surface area (Å²) in [6, 6.07) is 0.125. The van der Waals surface area contributed by atoms with Gasteiger partial charge in [-0.2, -0.15) is 26.3 Å². The number of carbonyl (C=O) groups is 1. The molecule has 0 aliphatic carbocycles. The molecule has 9 heteroatoms. The number of carboxylic acids is 1. The molecule has 100 valence electrons. The number of hydrogen-bond acceptors (Lipinski definition) is 2. The van der Waals surface area contributed by atoms with Crippen molar-refractivity contribution in [3.05, 3.63) is 28.8 Å². The Bertz CT molecular complexity index is 456. The third-order valence-electron chi connectivity index (χ3n) is 2.04. The van der Waals surface area contributed by atoms with Gasteiger partial charge in [0.05, 0.1) is 22.4 Å². The normalized spacial score (nSPS) is 12.6. The summed E-state index contributed by atoms with van der Waals surface area (Å²) >= 11 is 0. The Morgan fingerprint density at radius 2 is 1.33 bits per heavy atom. The SMILES string of the molecule is Nc1c(C(F)(F)F)cc(C(=O)O)cc1C(F)(F)F. The highest BCUT2D eigenvalue weighted by molar-refractivity contribution is 5.89. The van der Waals surface area contributed by atoms with Crippen LogP contribution in [-0.2, 0) is 12.4 Å². The lowest BCUT2D eigenvalue weighted by molar-refractivity contribution is -0.141. The molecule has 0 aliphatic heterocycles. The van der Waals surface area contributed by atoms with Gasteiger partial charge in [0.2, 0.25) is 0 Å². The number of alkyl halides is 6. The zero-order chi connectivity index (χ0) is 14.3. The molecule has 0 fully saturated rings. The van der Waals surface area contributed by atoms with E-state index in [1.54, 1.807) is 0 Å². The smallest absolute Gasteiger partial charge is 0.418 e. The zero-order valence-corrected chi connectivity index (χ0v) is 8.36. The lowest BCUT2D eigenvalue weighted by Crippen LogP contribution is -2.17. The maximum atomic E-state index is 12.4. The summed E-state index contributed by atoms with van der Waals surface area (Å²) in [5.41, 5.74) is -1.53. The molecule has 1 aromatic rings. The van der Waals surface area contributed by atoms with Crippen molar-refractivity contribution in [2.75, 3.05) is 5.73 Å². The van der Waals surface area contributed by atoms with Gasteiger partial charge in [-0.15, -0.1) is 0 Å². The van der Waals surface area contributed by atoms with Crippen molar-refractivity contribution in [2.24, 2.45) is 0 Å². The molecule has 0 aliphatic rings. The highest BCUT2D eigenvalue weighted by Crippen LogP contribution is 2.41. The Balaban J connectivity index is 3.64. The summed E-state index contributed by atoms with van der Waals surface area (Å²) in [4.78, 5) is 10.5. The average molecular weight is 273 g/mol. The maximum absolute atomic E-state index is 12.4. The van der Waals surface area contributed by atoms with Crippen LogP contribution in [0.5, 0.6) is 0 Å². The molecule has 3 nitrogen and oxygen atoms in total. The number of nitrogen functional groups attached to an aromatic ring is 1. The van der Waals surface area contributed by atoms with Crippen molar-refractivity contribution >= 4 is 11.7 Å². The molecular weight excluding hydrogens is 268 g/mol. The first kappa shape index (κ1) is 14.1. The summed E-state index contributed by atoms with van der Waals surface area (Å²) in [5.74, 6) is -1.91. The fraction of sp³-hybridized carbons (Fsp3) is 0.222. The van der Waals surface area contributed by atoms with E-state index in [0.29, 0.717) is 0 Å². The fourth-order valence-electron chi connectivity index (χ4n) is 1.25. The Morgan fingerprint density at radius 3 is 1.56 bits per heavy atom. The lowest BCUT2D eigenvalue weighted by Gasteiger charge is -2.16. The number of benzene rings is 1. The second-order valence-electron chi connectivity index (χ2n) is 3.29. The minimum Gasteiger partial charge on any atom is -0.478 e. The van der Waals surface area contributed by atoms with E-state index in [0.717, 1.165) is 0 Å². The number of anilines is 1. The molecule has 1 aromatic carbocycles. The highest BCUT2D eigenvalue weighted by atomic mass is 19.4. The van der Waals surface area contributed by atoms with E-state index in [9.17, 15) is 31.1 Å². The van der Waals surface area contributed by atoms with Crippen LogP contribution in [0.25, 0.3) is 0 Å². The summed E-state index contributed by atoms with van der Waals surface area (Å²) in [7, 11) is 0. The van der Waals surface area contributed by atoms with Crippen LogP contribution >= 0.6 is 0 Å². The van der Waals surface area contributed by atoms with E-state index in [1.807, 2.05) is 0 Å². The quantitative estimate of drug-likeness (QED) is 0.610. The average Bonchev–Trinajstić information content (AvgIpc) is 2.13. The van der Waals surface area contributed by atoms with Crippen LogP contribution < -0.4 is 5.73 Å². The molecular formula is C9H5F6NO2. The predicted octanol–water partition coefficient (Wildman–Crippen LogP) is 3.00. The van der Waals surface area contributed by atoms with Crippen LogP contribution in [-0.4, -0.2) is 11.1 Å². The number of rotatable bonds is 1. The molecule has 0 unspecified atom stereocenters.